The van der Waals surface area contributed by atoms with Crippen molar-refractivity contribution in [2.75, 3.05) is 25.5 Å². The Kier molecular flexibility index (Phi) is 10.6. The Bertz CT molecular complexity index is 460. The topological polar surface area (TPSA) is 87.1 Å². The van der Waals surface area contributed by atoms with Gasteiger partial charge in [0.2, 0.25) is 5.91 Å². The van der Waals surface area contributed by atoms with Gasteiger partial charge in [0.15, 0.2) is 0 Å². The summed E-state index contributed by atoms with van der Waals surface area (Å²) < 4.78 is 4.82. The zero-order valence-corrected chi connectivity index (χ0v) is 15.0. The van der Waals surface area contributed by atoms with Gasteiger partial charge in [0.25, 0.3) is 0 Å². The van der Waals surface area contributed by atoms with Crippen LogP contribution in [-0.2, 0) is 14.3 Å². The predicted molar refractivity (Wildman–Crippen MR) is 93.6 cm³/mol. The summed E-state index contributed by atoms with van der Waals surface area (Å²) >= 11 is 1.59. The fourth-order valence-electron chi connectivity index (χ4n) is 2.42. The Labute approximate surface area is 147 Å². The molecule has 1 rings (SSSR count). The first-order valence-electron chi connectivity index (χ1n) is 8.39. The van der Waals surface area contributed by atoms with Gasteiger partial charge in [-0.25, -0.2) is 4.79 Å². The van der Waals surface area contributed by atoms with E-state index in [4.69, 9.17) is 9.84 Å². The molecule has 0 aromatic carbocycles. The van der Waals surface area contributed by atoms with E-state index < -0.39 is 5.97 Å². The number of aliphatic carboxylic acids is 1. The number of carboxylic acids is 1. The number of amides is 1. The molecular formula is C17H27NO5S. The second-order valence-electron chi connectivity index (χ2n) is 5.75. The van der Waals surface area contributed by atoms with Crippen molar-refractivity contribution in [3.63, 3.8) is 0 Å². The molecule has 2 N–H and O–H groups in total. The van der Waals surface area contributed by atoms with Gasteiger partial charge in [-0.1, -0.05) is 38.0 Å². The minimum atomic E-state index is -1.03. The van der Waals surface area contributed by atoms with Crippen LogP contribution >= 0.6 is 11.8 Å². The highest BCUT2D eigenvalue weighted by atomic mass is 32.2. The van der Waals surface area contributed by atoms with Crippen LogP contribution in [-0.4, -0.2) is 64.0 Å². The van der Waals surface area contributed by atoms with Crippen molar-refractivity contribution >= 4 is 23.6 Å². The molecule has 1 fully saturated rings. The molecular weight excluding hydrogens is 330 g/mol. The third-order valence-corrected chi connectivity index (χ3v) is 5.02. The normalized spacial score (nSPS) is 18.3. The molecule has 0 aliphatic carbocycles. The maximum Gasteiger partial charge on any atom is 0.329 e. The maximum atomic E-state index is 11.9. The van der Waals surface area contributed by atoms with E-state index in [-0.39, 0.29) is 30.6 Å². The number of hydrogen-bond donors (Lipinski definition) is 2. The van der Waals surface area contributed by atoms with Crippen molar-refractivity contribution in [3.05, 3.63) is 0 Å². The van der Waals surface area contributed by atoms with E-state index in [0.717, 1.165) is 32.1 Å². The number of hydrogen-bond acceptors (Lipinski definition) is 5. The largest absolute Gasteiger partial charge is 0.480 e. The molecule has 136 valence electrons. The van der Waals surface area contributed by atoms with Gasteiger partial charge in [-0.3, -0.25) is 4.79 Å². The van der Waals surface area contributed by atoms with E-state index in [9.17, 15) is 14.7 Å². The molecule has 1 aliphatic heterocycles. The van der Waals surface area contributed by atoms with E-state index >= 15 is 0 Å². The molecule has 1 amide bonds. The minimum absolute atomic E-state index is 0.0439. The maximum absolute atomic E-state index is 11.9. The highest BCUT2D eigenvalue weighted by molar-refractivity contribution is 8.00. The summed E-state index contributed by atoms with van der Waals surface area (Å²) in [5.74, 6) is 5.06. The average molecular weight is 357 g/mol. The van der Waals surface area contributed by atoms with E-state index in [0.29, 0.717) is 18.7 Å². The van der Waals surface area contributed by atoms with Crippen LogP contribution in [0.1, 0.15) is 45.4 Å². The van der Waals surface area contributed by atoms with Gasteiger partial charge in [0, 0.05) is 0 Å². The molecule has 2 atom stereocenters. The molecule has 0 saturated carbocycles. The molecule has 6 nitrogen and oxygen atoms in total. The standard InChI is InChI=1S/C17H27NO5S/c1-2-3-4-7-14(19)8-9-16-18(15(20)13-24-16)10-5-6-11-23-12-17(21)22/h14,16,19H,2-4,7-13H2,1H3,(H,21,22). The molecule has 0 spiro atoms. The number of carbonyl (C=O) groups excluding carboxylic acids is 1. The van der Waals surface area contributed by atoms with Crippen molar-refractivity contribution < 1.29 is 24.5 Å². The summed E-state index contributed by atoms with van der Waals surface area (Å²) in [5.41, 5.74) is 0. The summed E-state index contributed by atoms with van der Waals surface area (Å²) in [6.07, 6.45) is 5.30. The molecule has 24 heavy (non-hydrogen) atoms. The fraction of sp³-hybridized carbons (Fsp3) is 0.765. The monoisotopic (exact) mass is 357 g/mol. The second kappa shape index (κ2) is 12.2. The van der Waals surface area contributed by atoms with Gasteiger partial charge in [-0.05, 0) is 19.3 Å². The number of unbranched alkanes of at least 4 members (excludes halogenated alkanes) is 2. The third kappa shape index (κ3) is 8.57. The quantitative estimate of drug-likeness (QED) is 0.432. The number of carboxylic acid groups (broad SMARTS) is 1. The van der Waals surface area contributed by atoms with Crippen LogP contribution in [0.2, 0.25) is 0 Å². The van der Waals surface area contributed by atoms with Gasteiger partial charge in [-0.2, -0.15) is 0 Å². The molecule has 0 aromatic rings. The number of aliphatic hydroxyl groups is 1. The lowest BCUT2D eigenvalue weighted by molar-refractivity contribution is -0.141. The van der Waals surface area contributed by atoms with Crippen LogP contribution in [0.15, 0.2) is 0 Å². The molecule has 2 unspecified atom stereocenters. The molecule has 1 saturated heterocycles. The molecule has 0 bridgehead atoms. The summed E-state index contributed by atoms with van der Waals surface area (Å²) in [7, 11) is 0. The zero-order chi connectivity index (χ0) is 17.8. The van der Waals surface area contributed by atoms with Gasteiger partial charge >= 0.3 is 5.97 Å². The fourth-order valence-corrected chi connectivity index (χ4v) is 3.60. The molecule has 0 radical (unpaired) electrons. The Morgan fingerprint density at radius 1 is 1.42 bits per heavy atom. The lowest BCUT2D eigenvalue weighted by atomic mass is 10.1. The second-order valence-corrected chi connectivity index (χ2v) is 6.92. The van der Waals surface area contributed by atoms with Crippen LogP contribution in [0.3, 0.4) is 0 Å². The van der Waals surface area contributed by atoms with Gasteiger partial charge in [0.05, 0.1) is 23.8 Å². The van der Waals surface area contributed by atoms with E-state index in [1.807, 2.05) is 0 Å². The van der Waals surface area contributed by atoms with Crippen molar-refractivity contribution in [2.24, 2.45) is 0 Å². The third-order valence-electron chi connectivity index (χ3n) is 3.73. The minimum Gasteiger partial charge on any atom is -0.480 e. The Hall–Kier alpha value is -1.23. The van der Waals surface area contributed by atoms with Gasteiger partial charge in [-0.15, -0.1) is 11.8 Å². The first kappa shape index (κ1) is 20.8. The van der Waals surface area contributed by atoms with Crippen LogP contribution in [0.4, 0.5) is 0 Å². The first-order valence-corrected chi connectivity index (χ1v) is 9.43. The summed E-state index contributed by atoms with van der Waals surface area (Å²) in [4.78, 5) is 23.9. The number of aliphatic hydroxyl groups excluding tert-OH is 1. The van der Waals surface area contributed by atoms with Crippen molar-refractivity contribution in [3.8, 4) is 11.8 Å². The van der Waals surface area contributed by atoms with Gasteiger partial charge < -0.3 is 19.8 Å². The average Bonchev–Trinajstić information content (AvgIpc) is 2.89. The van der Waals surface area contributed by atoms with Crippen LogP contribution < -0.4 is 0 Å². The van der Waals surface area contributed by atoms with Crippen molar-refractivity contribution in [1.82, 2.24) is 4.90 Å². The Morgan fingerprint density at radius 2 is 2.21 bits per heavy atom. The zero-order valence-electron chi connectivity index (χ0n) is 14.2. The predicted octanol–water partition coefficient (Wildman–Crippen LogP) is 1.71. The van der Waals surface area contributed by atoms with E-state index in [1.54, 1.807) is 16.7 Å². The lowest BCUT2D eigenvalue weighted by Crippen LogP contribution is -2.33. The van der Waals surface area contributed by atoms with Gasteiger partial charge in [0.1, 0.15) is 13.2 Å². The van der Waals surface area contributed by atoms with Crippen LogP contribution in [0.25, 0.3) is 0 Å². The number of carbonyl (C=O) groups is 2. The Balaban J connectivity index is 2.30. The van der Waals surface area contributed by atoms with Crippen LogP contribution in [0, 0.1) is 11.8 Å². The lowest BCUT2D eigenvalue weighted by Gasteiger charge is -2.22. The van der Waals surface area contributed by atoms with Crippen molar-refractivity contribution in [2.45, 2.75) is 56.9 Å². The van der Waals surface area contributed by atoms with Crippen LogP contribution in [0.5, 0.6) is 0 Å². The number of thioether (sulfide) groups is 1. The highest BCUT2D eigenvalue weighted by Crippen LogP contribution is 2.28. The summed E-state index contributed by atoms with van der Waals surface area (Å²) in [6, 6.07) is 0. The summed E-state index contributed by atoms with van der Waals surface area (Å²) in [6.45, 7) is 2.13. The van der Waals surface area contributed by atoms with E-state index in [2.05, 4.69) is 18.8 Å². The first-order chi connectivity index (χ1) is 11.5. The number of ether oxygens (including phenoxy) is 1. The van der Waals surface area contributed by atoms with E-state index in [1.165, 1.54) is 0 Å². The molecule has 1 aliphatic rings. The molecule has 7 heteroatoms. The highest BCUT2D eigenvalue weighted by Gasteiger charge is 2.30. The number of nitrogens with zero attached hydrogens (tertiary/aromatic N) is 1. The number of rotatable bonds is 11. The summed E-state index contributed by atoms with van der Waals surface area (Å²) in [5, 5.41) is 18.5. The van der Waals surface area contributed by atoms with Crippen molar-refractivity contribution in [1.29, 1.82) is 0 Å². The SMILES string of the molecule is CCCCCC(O)CCC1SCC(=O)N1CC#CCOCC(=O)O. The molecule has 0 aromatic heterocycles. The molecule has 1 heterocycles. The smallest absolute Gasteiger partial charge is 0.329 e. The Morgan fingerprint density at radius 3 is 2.92 bits per heavy atom.